The van der Waals surface area contributed by atoms with E-state index in [1.165, 1.54) is 0 Å². The second-order valence-electron chi connectivity index (χ2n) is 9.83. The molecule has 2 heterocycles. The Kier molecular flexibility index (Phi) is 30.9. The third-order valence-corrected chi connectivity index (χ3v) is 6.63. The molecule has 0 radical (unpaired) electrons. The zero-order chi connectivity index (χ0) is 38.3. The summed E-state index contributed by atoms with van der Waals surface area (Å²) in [5.74, 6) is -2.64. The summed E-state index contributed by atoms with van der Waals surface area (Å²) in [6.45, 7) is 3.43. The van der Waals surface area contributed by atoms with E-state index in [2.05, 4.69) is 24.3 Å². The Bertz CT molecular complexity index is 1860. The van der Waals surface area contributed by atoms with E-state index in [4.69, 9.17) is 50.6 Å². The Morgan fingerprint density at radius 1 is 0.755 bits per heavy atom. The number of nitrogens with zero attached hydrogens (tertiary/aromatic N) is 2. The minimum Gasteiger partial charge on any atom is -1.00 e. The van der Waals surface area contributed by atoms with Gasteiger partial charge in [-0.2, -0.15) is 0 Å². The van der Waals surface area contributed by atoms with Crippen molar-refractivity contribution >= 4 is 97.6 Å². The summed E-state index contributed by atoms with van der Waals surface area (Å²) < 4.78 is 8.78. The molecule has 0 unspecified atom stereocenters. The van der Waals surface area contributed by atoms with Crippen LogP contribution in [0, 0.1) is 0 Å². The van der Waals surface area contributed by atoms with Crippen LogP contribution in [-0.2, 0) is 60.8 Å². The van der Waals surface area contributed by atoms with Crippen LogP contribution in [0.25, 0.3) is 21.8 Å². The number of benzene rings is 2. The minimum absolute atomic E-state index is 0. The molecule has 0 fully saturated rings. The second kappa shape index (κ2) is 30.6. The average Bonchev–Trinajstić information content (AvgIpc) is 3.11. The topological polar surface area (TPSA) is 222 Å². The van der Waals surface area contributed by atoms with Crippen LogP contribution in [0.5, 0.6) is 0 Å². The number of halogens is 3. The summed E-state index contributed by atoms with van der Waals surface area (Å²) in [7, 11) is 0. The van der Waals surface area contributed by atoms with Gasteiger partial charge in [0.2, 0.25) is 5.78 Å². The van der Waals surface area contributed by atoms with Crippen molar-refractivity contribution < 1.29 is 157 Å². The first-order valence-electron chi connectivity index (χ1n) is 14.9. The molecule has 0 spiro atoms. The molecular weight excluding hydrogens is 811 g/mol. The Balaban J connectivity index is -0.000000731. The molecule has 0 bridgehead atoms. The van der Waals surface area contributed by atoms with Gasteiger partial charge in [-0.15, -0.1) is 0 Å². The minimum atomic E-state index is -1.08. The van der Waals surface area contributed by atoms with Gasteiger partial charge in [-0.1, -0.05) is 35.3 Å². The van der Waals surface area contributed by atoms with Crippen molar-refractivity contribution in [3.05, 3.63) is 82.1 Å². The van der Waals surface area contributed by atoms with Crippen LogP contribution in [0.4, 0.5) is 0 Å². The van der Waals surface area contributed by atoms with Gasteiger partial charge >= 0.3 is 120 Å². The number of fused-ring (bicyclic) bond motifs is 2. The average molecular weight is 845 g/mol. The number of carbonyl (C=O) groups excluding carboxylic acids is 7. The van der Waals surface area contributed by atoms with E-state index < -0.39 is 23.0 Å². The number of pyridine rings is 2. The summed E-state index contributed by atoms with van der Waals surface area (Å²) in [5.41, 5.74) is 8.69. The van der Waals surface area contributed by atoms with Crippen LogP contribution >= 0.6 is 34.8 Å². The van der Waals surface area contributed by atoms with E-state index in [-0.39, 0.29) is 161 Å². The van der Waals surface area contributed by atoms with Crippen LogP contribution in [0.3, 0.4) is 0 Å². The molecule has 0 aliphatic heterocycles. The number of hydrogen-bond acceptors (Lipinski definition) is 14. The quantitative estimate of drug-likeness (QED) is 0.0286. The number of ketones is 3. The monoisotopic (exact) mass is 843 g/mol. The van der Waals surface area contributed by atoms with E-state index in [0.29, 0.717) is 16.5 Å². The van der Waals surface area contributed by atoms with Gasteiger partial charge in [-0.3, -0.25) is 33.9 Å². The molecule has 14 nitrogen and oxygen atoms in total. The largest absolute Gasteiger partial charge is 1.00 e. The molecule has 2 aromatic heterocycles. The van der Waals surface area contributed by atoms with Gasteiger partial charge in [0.25, 0.3) is 6.47 Å². The van der Waals surface area contributed by atoms with Crippen LogP contribution in [0.2, 0.25) is 10.0 Å². The number of hydrogen-bond donors (Lipinski definition) is 1. The molecule has 2 N–H and O–H groups in total. The van der Waals surface area contributed by atoms with Crippen molar-refractivity contribution in [1.29, 1.82) is 0 Å². The van der Waals surface area contributed by atoms with Gasteiger partial charge in [0, 0.05) is 48.8 Å². The Hall–Kier alpha value is -1.59. The standard InChI is InChI=1S/C17H16ClNO4.C12H11ClN2O.C4H5ClO3.CH2O3.2K.H/c1-2-23-17(22)16(21)6-4-14(20)8-11-3-5-15-12(7-11)9-13(18)10-19-15;13-10-5-9-3-8(4-11(16)6-14)1-2-12(9)15-7-10;1-2-8-4(7)3(5)6;2-1-4-3;;;/h3,5,7,9-10H,2,4,6,8H2,1H3;1-3,5,7H,4,6,14H2;2H2,1H3;1,3H;;;/q;;;;2*+1;-1/p-1. The maximum absolute atomic E-state index is 12.0. The molecule has 0 amide bonds. The van der Waals surface area contributed by atoms with E-state index in [1.807, 2.05) is 42.5 Å². The summed E-state index contributed by atoms with van der Waals surface area (Å²) in [4.78, 5) is 85.3. The predicted octanol–water partition coefficient (Wildman–Crippen LogP) is -2.26. The summed E-state index contributed by atoms with van der Waals surface area (Å²) >= 11 is 16.5. The summed E-state index contributed by atoms with van der Waals surface area (Å²) in [6.07, 6.45) is 3.62. The Morgan fingerprint density at radius 2 is 1.19 bits per heavy atom. The smallest absolute Gasteiger partial charge is 1.00 e. The fourth-order valence-electron chi connectivity index (χ4n) is 3.90. The predicted molar refractivity (Wildman–Crippen MR) is 187 cm³/mol. The molecular formula is C34H34Cl3K2N3O11. The van der Waals surface area contributed by atoms with Crippen molar-refractivity contribution in [3.8, 4) is 0 Å². The molecule has 53 heavy (non-hydrogen) atoms. The van der Waals surface area contributed by atoms with Crippen molar-refractivity contribution in [1.82, 2.24) is 9.97 Å². The van der Waals surface area contributed by atoms with Gasteiger partial charge in [-0.05, 0) is 73.0 Å². The third kappa shape index (κ3) is 22.5. The molecule has 274 valence electrons. The number of carbonyl (C=O) groups is 7. The van der Waals surface area contributed by atoms with Crippen LogP contribution < -0.4 is 114 Å². The molecule has 0 aliphatic carbocycles. The van der Waals surface area contributed by atoms with Gasteiger partial charge < -0.3 is 26.8 Å². The molecule has 0 atom stereocenters. The third-order valence-electron chi connectivity index (χ3n) is 6.06. The van der Waals surface area contributed by atoms with Crippen LogP contribution in [0.1, 0.15) is 39.2 Å². The first-order valence-corrected chi connectivity index (χ1v) is 16.0. The molecule has 4 rings (SSSR count). The van der Waals surface area contributed by atoms with Gasteiger partial charge in [0.15, 0.2) is 5.78 Å². The second-order valence-corrected chi connectivity index (χ2v) is 11.0. The molecule has 2 aromatic carbocycles. The fourth-order valence-corrected chi connectivity index (χ4v) is 4.29. The number of ether oxygens (including phenoxy) is 2. The normalized spacial score (nSPS) is 9.42. The summed E-state index contributed by atoms with van der Waals surface area (Å²) in [6, 6.07) is 14.8. The molecule has 0 saturated heterocycles. The van der Waals surface area contributed by atoms with Crippen LogP contribution in [0.15, 0.2) is 60.9 Å². The number of aromatic nitrogens is 2. The van der Waals surface area contributed by atoms with E-state index in [1.54, 1.807) is 32.3 Å². The summed E-state index contributed by atoms with van der Waals surface area (Å²) in [5, 5.41) is 10.3. The fraction of sp³-hybridized carbons (Fsp3) is 0.265. The van der Waals surface area contributed by atoms with Crippen molar-refractivity contribution in [3.63, 3.8) is 0 Å². The first-order chi connectivity index (χ1) is 24.3. The van der Waals surface area contributed by atoms with Crippen molar-refractivity contribution in [2.24, 2.45) is 5.73 Å². The van der Waals surface area contributed by atoms with Crippen molar-refractivity contribution in [2.75, 3.05) is 19.8 Å². The van der Waals surface area contributed by atoms with Gasteiger partial charge in [0.05, 0.1) is 40.8 Å². The maximum Gasteiger partial charge on any atom is 1.00 e. The molecule has 0 saturated carbocycles. The zero-order valence-corrected chi connectivity index (χ0v) is 37.9. The number of Topliss-reactive ketones (excluding diaryl/α,β-unsaturated/α-hetero) is 3. The van der Waals surface area contributed by atoms with Crippen molar-refractivity contribution in [2.45, 2.75) is 39.5 Å². The Morgan fingerprint density at radius 3 is 1.57 bits per heavy atom. The zero-order valence-electron chi connectivity index (χ0n) is 30.4. The number of nitrogens with two attached hydrogens (primary N) is 1. The van der Waals surface area contributed by atoms with Crippen LogP contribution in [-0.4, -0.2) is 70.7 Å². The van der Waals surface area contributed by atoms with Gasteiger partial charge in [0.1, 0.15) is 5.78 Å². The van der Waals surface area contributed by atoms with E-state index in [0.717, 1.165) is 32.9 Å². The first kappa shape index (κ1) is 53.5. The SMILES string of the molecule is CCOC(=O)C(=O)CCC(=O)Cc1ccc2ncc(Cl)cc2c1.CCOC(=O)C(=O)Cl.NCC(=O)Cc1ccc2ncc(Cl)cc2c1.O=CO[O-].[H-].[K+].[K+]. The maximum atomic E-state index is 12.0. The Labute approximate surface area is 406 Å². The number of rotatable bonds is 13. The number of esters is 2. The molecule has 19 heteroatoms. The molecule has 4 aromatic rings. The molecule has 0 aliphatic rings. The van der Waals surface area contributed by atoms with Gasteiger partial charge in [-0.25, -0.2) is 9.59 Å². The van der Waals surface area contributed by atoms with E-state index >= 15 is 0 Å². The van der Waals surface area contributed by atoms with E-state index in [9.17, 15) is 28.8 Å².